The predicted octanol–water partition coefficient (Wildman–Crippen LogP) is 2.35. The Morgan fingerprint density at radius 1 is 1.24 bits per heavy atom. The van der Waals surface area contributed by atoms with Crippen molar-refractivity contribution in [1.29, 1.82) is 0 Å². The summed E-state index contributed by atoms with van der Waals surface area (Å²) in [6.07, 6.45) is 1.82. The van der Waals surface area contributed by atoms with Crippen molar-refractivity contribution in [3.05, 3.63) is 29.3 Å². The van der Waals surface area contributed by atoms with E-state index >= 15 is 0 Å². The van der Waals surface area contributed by atoms with Crippen molar-refractivity contribution in [3.63, 3.8) is 0 Å². The summed E-state index contributed by atoms with van der Waals surface area (Å²) < 4.78 is 48.2. The smallest absolute Gasteiger partial charge is 0.313 e. The summed E-state index contributed by atoms with van der Waals surface area (Å²) in [5, 5.41) is 3.13. The summed E-state index contributed by atoms with van der Waals surface area (Å²) in [5.74, 6) is 0. The van der Waals surface area contributed by atoms with Gasteiger partial charge in [0.15, 0.2) is 10.8 Å². The number of hydrogen-bond donors (Lipinski definition) is 1. The molecule has 1 heterocycles. The summed E-state index contributed by atoms with van der Waals surface area (Å²) in [5.41, 5.74) is -2.83. The van der Waals surface area contributed by atoms with Gasteiger partial charge in [-0.15, -0.1) is 0 Å². The molecule has 17 heavy (non-hydrogen) atoms. The second kappa shape index (κ2) is 4.78. The highest BCUT2D eigenvalue weighted by Gasteiger charge is 2.38. The predicted molar refractivity (Wildman–Crippen MR) is 58.9 cm³/mol. The van der Waals surface area contributed by atoms with E-state index in [0.717, 1.165) is 30.5 Å². The number of fused-ring (bicyclic) bond motifs is 1. The molecule has 0 radical (unpaired) electrons. The van der Waals surface area contributed by atoms with E-state index in [-0.39, 0.29) is 4.90 Å². The summed E-state index contributed by atoms with van der Waals surface area (Å²) in [7, 11) is -2.93. The highest BCUT2D eigenvalue weighted by Crippen LogP contribution is 2.28. The lowest BCUT2D eigenvalue weighted by atomic mass is 10.0. The fraction of sp³-hybridized carbons (Fsp3) is 0.455. The van der Waals surface area contributed by atoms with Crippen LogP contribution < -0.4 is 5.32 Å². The van der Waals surface area contributed by atoms with Gasteiger partial charge in [0, 0.05) is 11.4 Å². The average molecular weight is 263 g/mol. The van der Waals surface area contributed by atoms with E-state index in [9.17, 15) is 17.4 Å². The zero-order valence-corrected chi connectivity index (χ0v) is 9.83. The number of nitrogens with one attached hydrogen (secondary N) is 1. The Morgan fingerprint density at radius 3 is 2.71 bits per heavy atom. The largest absolute Gasteiger partial charge is 0.475 e. The van der Waals surface area contributed by atoms with Crippen molar-refractivity contribution < 1.29 is 17.4 Å². The highest BCUT2D eigenvalue weighted by molar-refractivity contribution is 7.86. The van der Waals surface area contributed by atoms with Crippen LogP contribution in [-0.4, -0.2) is 16.3 Å². The van der Waals surface area contributed by atoms with Crippen molar-refractivity contribution in [2.45, 2.75) is 29.8 Å². The molecule has 0 aromatic heterocycles. The SMILES string of the molecule is O=S(c1ccc2c(c1)CNCCC2)C(F)(F)F. The summed E-state index contributed by atoms with van der Waals surface area (Å²) in [4.78, 5) is -0.167. The minimum Gasteiger partial charge on any atom is -0.313 e. The molecule has 1 N–H and O–H groups in total. The molecule has 1 unspecified atom stereocenters. The van der Waals surface area contributed by atoms with Crippen LogP contribution in [0.5, 0.6) is 0 Å². The van der Waals surface area contributed by atoms with Crippen LogP contribution in [0.1, 0.15) is 17.5 Å². The van der Waals surface area contributed by atoms with Crippen LogP contribution in [0.2, 0.25) is 0 Å². The van der Waals surface area contributed by atoms with Crippen LogP contribution in [0.3, 0.4) is 0 Å². The molecule has 1 aliphatic rings. The van der Waals surface area contributed by atoms with Gasteiger partial charge in [0.05, 0.1) is 0 Å². The summed E-state index contributed by atoms with van der Waals surface area (Å²) in [6, 6.07) is 4.37. The van der Waals surface area contributed by atoms with Crippen LogP contribution >= 0.6 is 0 Å². The molecule has 1 aliphatic heterocycles. The molecule has 0 spiro atoms. The fourth-order valence-corrected chi connectivity index (χ4v) is 2.59. The highest BCUT2D eigenvalue weighted by atomic mass is 32.2. The average Bonchev–Trinajstić information content (AvgIpc) is 2.50. The monoisotopic (exact) mass is 263 g/mol. The van der Waals surface area contributed by atoms with Crippen LogP contribution in [0, 0.1) is 0 Å². The van der Waals surface area contributed by atoms with Gasteiger partial charge in [0.1, 0.15) is 0 Å². The number of halogens is 3. The first-order valence-electron chi connectivity index (χ1n) is 5.29. The first-order valence-corrected chi connectivity index (χ1v) is 6.44. The molecular formula is C11H12F3NOS. The maximum atomic E-state index is 12.3. The minimum atomic E-state index is -4.69. The van der Waals surface area contributed by atoms with E-state index in [2.05, 4.69) is 5.32 Å². The van der Waals surface area contributed by atoms with Gasteiger partial charge in [-0.3, -0.25) is 0 Å². The Hall–Kier alpha value is -0.880. The van der Waals surface area contributed by atoms with Gasteiger partial charge in [-0.05, 0) is 42.6 Å². The minimum absolute atomic E-state index is 0.167. The number of aryl methyl sites for hydroxylation is 1. The third-order valence-corrected chi connectivity index (χ3v) is 3.82. The lowest BCUT2D eigenvalue weighted by molar-refractivity contribution is -0.0384. The first-order chi connectivity index (χ1) is 7.98. The zero-order valence-electron chi connectivity index (χ0n) is 9.01. The second-order valence-corrected chi connectivity index (χ2v) is 5.40. The lowest BCUT2D eigenvalue weighted by Gasteiger charge is -2.10. The van der Waals surface area contributed by atoms with E-state index in [1.54, 1.807) is 6.07 Å². The molecule has 94 valence electrons. The van der Waals surface area contributed by atoms with Gasteiger partial charge < -0.3 is 5.32 Å². The van der Waals surface area contributed by atoms with Crippen LogP contribution in [0.15, 0.2) is 23.1 Å². The third kappa shape index (κ3) is 2.87. The van der Waals surface area contributed by atoms with Crippen LogP contribution in [-0.2, 0) is 23.8 Å². The second-order valence-electron chi connectivity index (χ2n) is 3.93. The Kier molecular flexibility index (Phi) is 3.53. The first kappa shape index (κ1) is 12.6. The molecule has 1 atom stereocenters. The van der Waals surface area contributed by atoms with Crippen LogP contribution in [0.4, 0.5) is 13.2 Å². The standard InChI is InChI=1S/C11H12F3NOS/c12-11(13,14)17(16)10-4-3-8-2-1-5-15-7-9(8)6-10/h3-4,6,15H,1-2,5,7H2. The molecule has 1 aromatic rings. The van der Waals surface area contributed by atoms with E-state index < -0.39 is 16.3 Å². The van der Waals surface area contributed by atoms with E-state index in [0.29, 0.717) is 6.54 Å². The number of rotatable bonds is 1. The molecule has 0 saturated carbocycles. The summed E-state index contributed by atoms with van der Waals surface area (Å²) in [6.45, 7) is 1.39. The molecule has 6 heteroatoms. The van der Waals surface area contributed by atoms with Crippen molar-refractivity contribution in [1.82, 2.24) is 5.32 Å². The third-order valence-electron chi connectivity index (χ3n) is 2.72. The molecule has 0 saturated heterocycles. The van der Waals surface area contributed by atoms with Crippen molar-refractivity contribution in [3.8, 4) is 0 Å². The maximum absolute atomic E-state index is 12.3. The van der Waals surface area contributed by atoms with E-state index in [1.165, 1.54) is 12.1 Å². The van der Waals surface area contributed by atoms with E-state index in [4.69, 9.17) is 0 Å². The molecule has 0 amide bonds. The van der Waals surface area contributed by atoms with Gasteiger partial charge >= 0.3 is 5.51 Å². The van der Waals surface area contributed by atoms with Gasteiger partial charge in [-0.2, -0.15) is 13.2 Å². The Labute approximate surface area is 99.7 Å². The molecule has 0 bridgehead atoms. The van der Waals surface area contributed by atoms with Gasteiger partial charge in [-0.1, -0.05) is 6.07 Å². The van der Waals surface area contributed by atoms with Gasteiger partial charge in [0.25, 0.3) is 0 Å². The molecule has 2 rings (SSSR count). The van der Waals surface area contributed by atoms with Gasteiger partial charge in [0.2, 0.25) is 0 Å². The Bertz CT molecular complexity index is 445. The normalized spacial score (nSPS) is 18.3. The van der Waals surface area contributed by atoms with Crippen molar-refractivity contribution in [2.75, 3.05) is 6.54 Å². The quantitative estimate of drug-likeness (QED) is 0.842. The van der Waals surface area contributed by atoms with Crippen molar-refractivity contribution >= 4 is 10.8 Å². The zero-order chi connectivity index (χ0) is 12.5. The van der Waals surface area contributed by atoms with Crippen molar-refractivity contribution in [2.24, 2.45) is 0 Å². The van der Waals surface area contributed by atoms with Crippen LogP contribution in [0.25, 0.3) is 0 Å². The molecule has 1 aromatic carbocycles. The lowest BCUT2D eigenvalue weighted by Crippen LogP contribution is -2.17. The molecule has 2 nitrogen and oxygen atoms in total. The number of benzene rings is 1. The summed E-state index contributed by atoms with van der Waals surface area (Å²) >= 11 is 0. The maximum Gasteiger partial charge on any atom is 0.475 e. The topological polar surface area (TPSA) is 29.1 Å². The number of alkyl halides is 3. The fourth-order valence-electron chi connectivity index (χ4n) is 1.89. The van der Waals surface area contributed by atoms with E-state index in [1.807, 2.05) is 0 Å². The number of hydrogen-bond acceptors (Lipinski definition) is 2. The molecular weight excluding hydrogens is 251 g/mol. The van der Waals surface area contributed by atoms with Gasteiger partial charge in [-0.25, -0.2) is 4.21 Å². The molecule has 0 fully saturated rings. The Morgan fingerprint density at radius 2 is 2.00 bits per heavy atom. The molecule has 0 aliphatic carbocycles. The Balaban J connectivity index is 2.33.